The van der Waals surface area contributed by atoms with Crippen molar-refractivity contribution in [3.8, 4) is 0 Å². The van der Waals surface area contributed by atoms with Gasteiger partial charge >= 0.3 is 0 Å². The van der Waals surface area contributed by atoms with Crippen molar-refractivity contribution in [3.05, 3.63) is 35.0 Å². The molecule has 0 N–H and O–H groups in total. The molecule has 0 bridgehead atoms. The highest BCUT2D eigenvalue weighted by Gasteiger charge is 2.01. The number of aryl methyl sites for hydroxylation is 1. The number of aromatic nitrogens is 1. The summed E-state index contributed by atoms with van der Waals surface area (Å²) >= 11 is 3.53. The van der Waals surface area contributed by atoms with E-state index in [9.17, 15) is 0 Å². The molecule has 0 aliphatic rings. The summed E-state index contributed by atoms with van der Waals surface area (Å²) in [7, 11) is 0. The van der Waals surface area contributed by atoms with Crippen LogP contribution in [0.15, 0.2) is 32.3 Å². The second kappa shape index (κ2) is 3.98. The number of hydrogen-bond donors (Lipinski definition) is 0. The van der Waals surface area contributed by atoms with Crippen LogP contribution in [-0.2, 0) is 5.75 Å². The summed E-state index contributed by atoms with van der Waals surface area (Å²) in [4.78, 5) is 0. The van der Waals surface area contributed by atoms with Gasteiger partial charge in [-0.05, 0) is 18.4 Å². The monoisotopic (exact) mass is 211 g/mol. The van der Waals surface area contributed by atoms with Crippen LogP contribution in [0.2, 0.25) is 0 Å². The first-order chi connectivity index (χ1) is 6.34. The molecular weight excluding hydrogens is 202 g/mol. The fourth-order valence-electron chi connectivity index (χ4n) is 0.972. The summed E-state index contributed by atoms with van der Waals surface area (Å²) in [5, 5.41) is 5.91. The molecule has 0 aromatic carbocycles. The molecule has 68 valence electrons. The van der Waals surface area contributed by atoms with E-state index in [1.807, 2.05) is 13.0 Å². The lowest BCUT2D eigenvalue weighted by atomic mass is 10.4. The van der Waals surface area contributed by atoms with Crippen molar-refractivity contribution in [2.75, 3.05) is 0 Å². The van der Waals surface area contributed by atoms with Gasteiger partial charge < -0.3 is 4.52 Å². The molecule has 0 radical (unpaired) electrons. The van der Waals surface area contributed by atoms with Crippen LogP contribution >= 0.6 is 23.1 Å². The molecule has 0 atom stereocenters. The Balaban J connectivity index is 1.93. The number of thioether (sulfide) groups is 1. The molecule has 0 fully saturated rings. The topological polar surface area (TPSA) is 26.0 Å². The Bertz CT molecular complexity index is 367. The maximum Gasteiger partial charge on any atom is 0.147 e. The van der Waals surface area contributed by atoms with Gasteiger partial charge in [-0.15, -0.1) is 23.1 Å². The Kier molecular flexibility index (Phi) is 2.71. The van der Waals surface area contributed by atoms with Crippen LogP contribution in [0.5, 0.6) is 0 Å². The maximum atomic E-state index is 5.10. The number of hydrogen-bond acceptors (Lipinski definition) is 4. The van der Waals surface area contributed by atoms with Crippen LogP contribution in [0.4, 0.5) is 0 Å². The van der Waals surface area contributed by atoms with Crippen molar-refractivity contribution in [2.24, 2.45) is 0 Å². The van der Waals surface area contributed by atoms with E-state index in [0.29, 0.717) is 0 Å². The SMILES string of the molecule is Cc1cc(CSc2cccs2)on1. The molecule has 2 rings (SSSR count). The minimum absolute atomic E-state index is 0.862. The van der Waals surface area contributed by atoms with E-state index in [4.69, 9.17) is 4.52 Å². The molecule has 2 nitrogen and oxygen atoms in total. The predicted molar refractivity (Wildman–Crippen MR) is 55.1 cm³/mol. The highest BCUT2D eigenvalue weighted by Crippen LogP contribution is 2.26. The summed E-state index contributed by atoms with van der Waals surface area (Å²) in [5.74, 6) is 1.80. The molecule has 0 aliphatic heterocycles. The lowest BCUT2D eigenvalue weighted by Gasteiger charge is -1.91. The van der Waals surface area contributed by atoms with Crippen LogP contribution in [0.25, 0.3) is 0 Å². The van der Waals surface area contributed by atoms with Gasteiger partial charge in [-0.2, -0.15) is 0 Å². The summed E-state index contributed by atoms with van der Waals surface area (Å²) in [6, 6.07) is 6.14. The average molecular weight is 211 g/mol. The first-order valence-electron chi connectivity index (χ1n) is 3.93. The first-order valence-corrected chi connectivity index (χ1v) is 5.79. The first kappa shape index (κ1) is 8.84. The molecule has 0 amide bonds. The maximum absolute atomic E-state index is 5.10. The van der Waals surface area contributed by atoms with E-state index < -0.39 is 0 Å². The molecule has 2 heterocycles. The normalized spacial score (nSPS) is 10.5. The van der Waals surface area contributed by atoms with Crippen molar-refractivity contribution in [3.63, 3.8) is 0 Å². The molecule has 0 saturated heterocycles. The molecule has 4 heteroatoms. The zero-order valence-corrected chi connectivity index (χ0v) is 8.82. The van der Waals surface area contributed by atoms with Crippen LogP contribution < -0.4 is 0 Å². The Morgan fingerprint density at radius 1 is 1.62 bits per heavy atom. The molecule has 0 saturated carbocycles. The van der Waals surface area contributed by atoms with E-state index >= 15 is 0 Å². The zero-order valence-electron chi connectivity index (χ0n) is 7.19. The molecule has 0 unspecified atom stereocenters. The average Bonchev–Trinajstić information content (AvgIpc) is 2.71. The smallest absolute Gasteiger partial charge is 0.147 e. The highest BCUT2D eigenvalue weighted by molar-refractivity contribution is 8.00. The zero-order chi connectivity index (χ0) is 9.10. The van der Waals surface area contributed by atoms with Gasteiger partial charge in [-0.3, -0.25) is 0 Å². The number of rotatable bonds is 3. The fraction of sp³-hybridized carbons (Fsp3) is 0.222. The van der Waals surface area contributed by atoms with Gasteiger partial charge in [0.25, 0.3) is 0 Å². The van der Waals surface area contributed by atoms with Gasteiger partial charge in [-0.1, -0.05) is 11.2 Å². The van der Waals surface area contributed by atoms with Crippen molar-refractivity contribution in [1.29, 1.82) is 0 Å². The highest BCUT2D eigenvalue weighted by atomic mass is 32.2. The summed E-state index contributed by atoms with van der Waals surface area (Å²) in [6.07, 6.45) is 0. The standard InChI is InChI=1S/C9H9NOS2/c1-7-5-8(11-10-7)6-13-9-3-2-4-12-9/h2-5H,6H2,1H3. The Hall–Kier alpha value is -0.740. The Morgan fingerprint density at radius 3 is 3.15 bits per heavy atom. The molecule has 13 heavy (non-hydrogen) atoms. The van der Waals surface area contributed by atoms with E-state index in [1.165, 1.54) is 4.21 Å². The third-order valence-corrected chi connectivity index (χ3v) is 3.68. The lowest BCUT2D eigenvalue weighted by molar-refractivity contribution is 0.391. The van der Waals surface area contributed by atoms with Gasteiger partial charge in [0.15, 0.2) is 0 Å². The number of nitrogens with zero attached hydrogens (tertiary/aromatic N) is 1. The van der Waals surface area contributed by atoms with Gasteiger partial charge in [0.05, 0.1) is 15.7 Å². The Morgan fingerprint density at radius 2 is 2.54 bits per heavy atom. The minimum atomic E-state index is 0.862. The van der Waals surface area contributed by atoms with Crippen LogP contribution in [0.1, 0.15) is 11.5 Å². The number of thiophene rings is 1. The quantitative estimate of drug-likeness (QED) is 0.728. The largest absolute Gasteiger partial charge is 0.360 e. The van der Waals surface area contributed by atoms with Crippen LogP contribution in [-0.4, -0.2) is 5.16 Å². The van der Waals surface area contributed by atoms with Crippen molar-refractivity contribution >= 4 is 23.1 Å². The lowest BCUT2D eigenvalue weighted by Crippen LogP contribution is -1.71. The summed E-state index contributed by atoms with van der Waals surface area (Å²) in [5.41, 5.74) is 0.946. The van der Waals surface area contributed by atoms with Crippen LogP contribution in [0.3, 0.4) is 0 Å². The third kappa shape index (κ3) is 2.35. The molecule has 2 aromatic rings. The van der Waals surface area contributed by atoms with E-state index in [1.54, 1.807) is 23.1 Å². The molecular formula is C9H9NOS2. The minimum Gasteiger partial charge on any atom is -0.360 e. The fourth-order valence-corrected chi connectivity index (χ4v) is 2.63. The van der Waals surface area contributed by atoms with Gasteiger partial charge in [0, 0.05) is 6.07 Å². The predicted octanol–water partition coefficient (Wildman–Crippen LogP) is 3.34. The van der Waals surface area contributed by atoms with E-state index in [0.717, 1.165) is 17.2 Å². The van der Waals surface area contributed by atoms with Crippen molar-refractivity contribution in [1.82, 2.24) is 5.16 Å². The molecule has 2 aromatic heterocycles. The van der Waals surface area contributed by atoms with Gasteiger partial charge in [0.1, 0.15) is 5.76 Å². The molecule has 0 spiro atoms. The second-order valence-electron chi connectivity index (χ2n) is 2.66. The Labute approximate surface area is 84.9 Å². The third-order valence-electron chi connectivity index (χ3n) is 1.53. The van der Waals surface area contributed by atoms with Crippen molar-refractivity contribution in [2.45, 2.75) is 16.9 Å². The van der Waals surface area contributed by atoms with Crippen LogP contribution in [0, 0.1) is 6.92 Å². The summed E-state index contributed by atoms with van der Waals surface area (Å²) in [6.45, 7) is 1.93. The van der Waals surface area contributed by atoms with Gasteiger partial charge in [0.2, 0.25) is 0 Å². The summed E-state index contributed by atoms with van der Waals surface area (Å²) < 4.78 is 6.41. The van der Waals surface area contributed by atoms with E-state index in [2.05, 4.69) is 22.7 Å². The van der Waals surface area contributed by atoms with Gasteiger partial charge in [-0.25, -0.2) is 0 Å². The van der Waals surface area contributed by atoms with Crippen molar-refractivity contribution < 1.29 is 4.52 Å². The second-order valence-corrected chi connectivity index (χ2v) is 4.88. The van der Waals surface area contributed by atoms with E-state index in [-0.39, 0.29) is 0 Å². The molecule has 0 aliphatic carbocycles.